The van der Waals surface area contributed by atoms with Crippen LogP contribution in [-0.2, 0) is 11.3 Å². The van der Waals surface area contributed by atoms with Gasteiger partial charge in [0.1, 0.15) is 0 Å². The number of H-pyrrole nitrogens is 1. The van der Waals surface area contributed by atoms with E-state index in [-0.39, 0.29) is 0 Å². The molecule has 0 aliphatic heterocycles. The lowest BCUT2D eigenvalue weighted by atomic mass is 10.1. The highest BCUT2D eigenvalue weighted by Gasteiger charge is 2.07. The molecule has 0 spiro atoms. The zero-order chi connectivity index (χ0) is 20.6. The Bertz CT molecular complexity index is 992. The van der Waals surface area contributed by atoms with Gasteiger partial charge in [-0.2, -0.15) is 5.10 Å². The van der Waals surface area contributed by atoms with Crippen LogP contribution < -0.4 is 10.6 Å². The van der Waals surface area contributed by atoms with Gasteiger partial charge in [0.05, 0.1) is 11.2 Å². The number of benzene rings is 2. The van der Waals surface area contributed by atoms with Gasteiger partial charge in [-0.15, -0.1) is 0 Å². The first-order valence-corrected chi connectivity index (χ1v) is 9.90. The maximum atomic E-state index is 10.8. The van der Waals surface area contributed by atoms with Gasteiger partial charge in [-0.1, -0.05) is 30.3 Å². The Labute approximate surface area is 172 Å². The Morgan fingerprint density at radius 1 is 1.21 bits per heavy atom. The van der Waals surface area contributed by atoms with E-state index in [0.29, 0.717) is 6.41 Å². The molecule has 0 atom stereocenters. The first kappa shape index (κ1) is 20.8. The van der Waals surface area contributed by atoms with E-state index in [1.54, 1.807) is 0 Å². The molecule has 0 saturated carbocycles. The number of rotatable bonds is 10. The van der Waals surface area contributed by atoms with Crippen molar-refractivity contribution in [3.05, 3.63) is 58.8 Å². The van der Waals surface area contributed by atoms with Crippen LogP contribution in [0.25, 0.3) is 23.1 Å². The molecule has 6 nitrogen and oxygen atoms in total. The Kier molecular flexibility index (Phi) is 7.16. The quantitative estimate of drug-likeness (QED) is 0.364. The Balaban J connectivity index is 1.74. The summed E-state index contributed by atoms with van der Waals surface area (Å²) in [6.45, 7) is 4.99. The average Bonchev–Trinajstić information content (AvgIpc) is 3.09. The van der Waals surface area contributed by atoms with E-state index in [1.807, 2.05) is 32.2 Å². The monoisotopic (exact) mass is 391 g/mol. The molecule has 152 valence electrons. The number of nitrogens with one attached hydrogen (secondary N) is 3. The fourth-order valence-electron chi connectivity index (χ4n) is 3.43. The summed E-state index contributed by atoms with van der Waals surface area (Å²) in [6.07, 6.45) is 5.92. The normalized spacial score (nSPS) is 11.6. The predicted molar refractivity (Wildman–Crippen MR) is 121 cm³/mol. The van der Waals surface area contributed by atoms with Crippen molar-refractivity contribution in [3.63, 3.8) is 0 Å². The van der Waals surface area contributed by atoms with E-state index in [1.165, 1.54) is 5.56 Å². The van der Waals surface area contributed by atoms with Crippen molar-refractivity contribution < 1.29 is 4.79 Å². The fourth-order valence-corrected chi connectivity index (χ4v) is 3.43. The van der Waals surface area contributed by atoms with Crippen molar-refractivity contribution in [2.45, 2.75) is 19.9 Å². The molecule has 29 heavy (non-hydrogen) atoms. The number of anilines is 1. The highest BCUT2D eigenvalue weighted by molar-refractivity contribution is 5.93. The first-order chi connectivity index (χ1) is 14.1. The number of hydrogen-bond donors (Lipinski definition) is 3. The molecule has 0 unspecified atom stereocenters. The second kappa shape index (κ2) is 10.0. The van der Waals surface area contributed by atoms with Crippen LogP contribution >= 0.6 is 0 Å². The lowest BCUT2D eigenvalue weighted by molar-refractivity contribution is -0.105. The second-order valence-electron chi connectivity index (χ2n) is 7.36. The van der Waals surface area contributed by atoms with Gasteiger partial charge in [-0.25, -0.2) is 0 Å². The topological polar surface area (TPSA) is 73.1 Å². The van der Waals surface area contributed by atoms with E-state index < -0.39 is 0 Å². The predicted octanol–water partition coefficient (Wildman–Crippen LogP) is 3.65. The van der Waals surface area contributed by atoms with Crippen LogP contribution in [0.4, 0.5) is 5.69 Å². The fraction of sp³-hybridized carbons (Fsp3) is 0.304. The third-order valence-corrected chi connectivity index (χ3v) is 4.96. The Morgan fingerprint density at radius 2 is 2.07 bits per heavy atom. The summed E-state index contributed by atoms with van der Waals surface area (Å²) in [6, 6.07) is 12.5. The average molecular weight is 392 g/mol. The van der Waals surface area contributed by atoms with Crippen LogP contribution in [0, 0.1) is 6.92 Å². The second-order valence-corrected chi connectivity index (χ2v) is 7.36. The first-order valence-electron chi connectivity index (χ1n) is 9.90. The van der Waals surface area contributed by atoms with Crippen LogP contribution in [0.2, 0.25) is 0 Å². The number of hydrogen-bond acceptors (Lipinski definition) is 4. The summed E-state index contributed by atoms with van der Waals surface area (Å²) in [5.74, 6) is 0. The third-order valence-electron chi connectivity index (χ3n) is 4.96. The molecule has 0 radical (unpaired) electrons. The molecule has 3 N–H and O–H groups in total. The minimum Gasteiger partial charge on any atom is -0.328 e. The van der Waals surface area contributed by atoms with E-state index in [2.05, 4.69) is 63.1 Å². The lowest BCUT2D eigenvalue weighted by Crippen LogP contribution is -2.22. The number of amides is 1. The maximum Gasteiger partial charge on any atom is 0.211 e. The van der Waals surface area contributed by atoms with Crippen LogP contribution in [-0.4, -0.2) is 48.7 Å². The summed E-state index contributed by atoms with van der Waals surface area (Å²) in [7, 11) is 4.14. The molecule has 3 aromatic rings. The van der Waals surface area contributed by atoms with Crippen LogP contribution in [0.3, 0.4) is 0 Å². The minimum atomic E-state index is 0.699. The number of aromatic nitrogens is 2. The summed E-state index contributed by atoms with van der Waals surface area (Å²) < 4.78 is 0. The van der Waals surface area contributed by atoms with Gasteiger partial charge in [-0.3, -0.25) is 9.89 Å². The maximum absolute atomic E-state index is 10.8. The molecular weight excluding hydrogens is 362 g/mol. The van der Waals surface area contributed by atoms with Gasteiger partial charge in [0.15, 0.2) is 0 Å². The molecule has 0 aliphatic carbocycles. The Morgan fingerprint density at radius 3 is 2.86 bits per heavy atom. The van der Waals surface area contributed by atoms with Gasteiger partial charge in [0.2, 0.25) is 6.41 Å². The highest BCUT2D eigenvalue weighted by Crippen LogP contribution is 2.25. The number of fused-ring (bicyclic) bond motifs is 1. The van der Waals surface area contributed by atoms with Crippen molar-refractivity contribution >= 4 is 35.2 Å². The minimum absolute atomic E-state index is 0.699. The molecule has 1 heterocycles. The van der Waals surface area contributed by atoms with E-state index >= 15 is 0 Å². The molecule has 0 saturated heterocycles. The molecule has 3 rings (SSSR count). The number of carbonyl (C=O) groups excluding carboxylic acids is 1. The molecule has 0 bridgehead atoms. The zero-order valence-electron chi connectivity index (χ0n) is 17.3. The molecule has 1 aromatic heterocycles. The number of nitrogens with zero attached hydrogens (tertiary/aromatic N) is 2. The smallest absolute Gasteiger partial charge is 0.211 e. The van der Waals surface area contributed by atoms with Crippen molar-refractivity contribution in [2.24, 2.45) is 0 Å². The largest absolute Gasteiger partial charge is 0.328 e. The standard InChI is InChI=1S/C23H29N5O/c1-17-12-23-20(14-22(17)25-16-29)21(26-27-23)9-8-18-6-4-7-19(13-18)15-28(3)11-5-10-24-2/h4,6-9,12-14,16,24H,5,10-11,15H2,1-3H3,(H,25,29)(H,26,27)/b9-8+. The van der Waals surface area contributed by atoms with Crippen molar-refractivity contribution in [3.8, 4) is 0 Å². The van der Waals surface area contributed by atoms with Gasteiger partial charge in [0, 0.05) is 17.6 Å². The number of aromatic amines is 1. The van der Waals surface area contributed by atoms with Gasteiger partial charge in [-0.05, 0) is 75.4 Å². The summed E-state index contributed by atoms with van der Waals surface area (Å²) in [4.78, 5) is 13.2. The molecule has 6 heteroatoms. The van der Waals surface area contributed by atoms with Gasteiger partial charge < -0.3 is 15.5 Å². The van der Waals surface area contributed by atoms with Crippen molar-refractivity contribution in [1.29, 1.82) is 0 Å². The van der Waals surface area contributed by atoms with Crippen molar-refractivity contribution in [2.75, 3.05) is 32.5 Å². The van der Waals surface area contributed by atoms with Crippen LogP contribution in [0.5, 0.6) is 0 Å². The third kappa shape index (κ3) is 5.53. The molecule has 2 aromatic carbocycles. The molecule has 0 aliphatic rings. The number of carbonyl (C=O) groups is 1. The summed E-state index contributed by atoms with van der Waals surface area (Å²) in [5, 5.41) is 14.4. The zero-order valence-corrected chi connectivity index (χ0v) is 17.3. The highest BCUT2D eigenvalue weighted by atomic mass is 16.1. The van der Waals surface area contributed by atoms with Crippen LogP contribution in [0.15, 0.2) is 36.4 Å². The SMILES string of the molecule is CNCCCN(C)Cc1cccc(/C=C/c2n[nH]c3cc(C)c(NC=O)cc23)c1. The van der Waals surface area contributed by atoms with Crippen LogP contribution in [0.1, 0.15) is 28.8 Å². The van der Waals surface area contributed by atoms with E-state index in [0.717, 1.165) is 59.5 Å². The summed E-state index contributed by atoms with van der Waals surface area (Å²) >= 11 is 0. The molecule has 0 fully saturated rings. The van der Waals surface area contributed by atoms with E-state index in [9.17, 15) is 4.79 Å². The van der Waals surface area contributed by atoms with E-state index in [4.69, 9.17) is 0 Å². The molecular formula is C23H29N5O. The summed E-state index contributed by atoms with van der Waals surface area (Å²) in [5.41, 5.74) is 6.03. The van der Waals surface area contributed by atoms with Crippen molar-refractivity contribution in [1.82, 2.24) is 20.4 Å². The number of aryl methyl sites for hydroxylation is 1. The van der Waals surface area contributed by atoms with Gasteiger partial charge >= 0.3 is 0 Å². The molecule has 1 amide bonds. The lowest BCUT2D eigenvalue weighted by Gasteiger charge is -2.16. The Hall–Kier alpha value is -2.96. The van der Waals surface area contributed by atoms with Gasteiger partial charge in [0.25, 0.3) is 0 Å².